The van der Waals surface area contributed by atoms with Crippen molar-refractivity contribution >= 4 is 10.8 Å². The van der Waals surface area contributed by atoms with Gasteiger partial charge in [-0.05, 0) is 41.3 Å². The number of aliphatic hydroxyl groups is 1. The molecule has 0 saturated carbocycles. The minimum atomic E-state index is -0.476. The third kappa shape index (κ3) is 3.90. The second kappa shape index (κ2) is 7.90. The number of rotatable bonds is 6. The molecular weight excluding hydrogens is 322 g/mol. The van der Waals surface area contributed by atoms with E-state index >= 15 is 0 Å². The fraction of sp³-hybridized carbons (Fsp3) is 0.304. The molecule has 26 heavy (non-hydrogen) atoms. The van der Waals surface area contributed by atoms with Gasteiger partial charge in [0, 0.05) is 12.0 Å². The lowest BCUT2D eigenvalue weighted by molar-refractivity contribution is -0.702. The Morgan fingerprint density at radius 3 is 2.73 bits per heavy atom. The molecule has 2 atom stereocenters. The molecule has 0 bridgehead atoms. The van der Waals surface area contributed by atoms with E-state index in [2.05, 4.69) is 47.8 Å². The molecule has 3 aromatic rings. The summed E-state index contributed by atoms with van der Waals surface area (Å²) in [4.78, 5) is 0. The highest BCUT2D eigenvalue weighted by molar-refractivity contribution is 5.83. The van der Waals surface area contributed by atoms with Gasteiger partial charge in [0.15, 0.2) is 0 Å². The summed E-state index contributed by atoms with van der Waals surface area (Å²) >= 11 is 0. The van der Waals surface area contributed by atoms with Crippen LogP contribution in [0.2, 0.25) is 0 Å². The average molecular weight is 348 g/mol. The fourth-order valence-electron chi connectivity index (χ4n) is 3.88. The number of aryl methyl sites for hydroxylation is 1. The number of fused-ring (bicyclic) bond motifs is 2. The maximum absolute atomic E-state index is 10.3. The standard InChI is InChI=1S/C23H25NO2/c25-20(15-24-23-11-5-9-18-7-3-4-10-22(18)23)16-26-21-13-12-17-6-1-2-8-19(17)14-21/h1-4,6-8,10,12-14,20,23-25H,5,9,11,15-16H2/p+1/t20-,23-/m0/s1. The van der Waals surface area contributed by atoms with Crippen LogP contribution in [0.15, 0.2) is 66.7 Å². The van der Waals surface area contributed by atoms with E-state index < -0.39 is 6.10 Å². The van der Waals surface area contributed by atoms with Gasteiger partial charge in [-0.25, -0.2) is 0 Å². The van der Waals surface area contributed by atoms with Gasteiger partial charge in [-0.3, -0.25) is 0 Å². The molecule has 0 spiro atoms. The molecule has 0 fully saturated rings. The van der Waals surface area contributed by atoms with Crippen molar-refractivity contribution in [1.82, 2.24) is 0 Å². The van der Waals surface area contributed by atoms with Crippen LogP contribution < -0.4 is 10.1 Å². The molecule has 4 rings (SSSR count). The molecule has 0 aliphatic heterocycles. The summed E-state index contributed by atoms with van der Waals surface area (Å²) in [6.45, 7) is 0.982. The zero-order valence-electron chi connectivity index (χ0n) is 15.0. The molecule has 0 aromatic heterocycles. The first-order chi connectivity index (χ1) is 12.8. The van der Waals surface area contributed by atoms with Gasteiger partial charge in [0.25, 0.3) is 0 Å². The van der Waals surface area contributed by atoms with E-state index in [1.165, 1.54) is 35.8 Å². The Kier molecular flexibility index (Phi) is 5.19. The van der Waals surface area contributed by atoms with Gasteiger partial charge in [0.1, 0.15) is 31.0 Å². The van der Waals surface area contributed by atoms with Crippen LogP contribution in [0, 0.1) is 0 Å². The maximum atomic E-state index is 10.3. The van der Waals surface area contributed by atoms with Crippen LogP contribution in [0.3, 0.4) is 0 Å². The van der Waals surface area contributed by atoms with Gasteiger partial charge in [-0.1, -0.05) is 54.6 Å². The van der Waals surface area contributed by atoms with Crippen LogP contribution >= 0.6 is 0 Å². The molecule has 0 radical (unpaired) electrons. The molecule has 0 saturated heterocycles. The van der Waals surface area contributed by atoms with Crippen LogP contribution in [0.25, 0.3) is 10.8 Å². The van der Waals surface area contributed by atoms with Gasteiger partial charge in [0.2, 0.25) is 0 Å². The molecule has 134 valence electrons. The average Bonchev–Trinajstić information content (AvgIpc) is 2.70. The number of benzene rings is 3. The summed E-state index contributed by atoms with van der Waals surface area (Å²) < 4.78 is 5.82. The van der Waals surface area contributed by atoms with Gasteiger partial charge in [-0.2, -0.15) is 0 Å². The Bertz CT molecular complexity index is 877. The lowest BCUT2D eigenvalue weighted by atomic mass is 9.88. The molecule has 0 amide bonds. The van der Waals surface area contributed by atoms with Gasteiger partial charge < -0.3 is 15.2 Å². The fourth-order valence-corrected chi connectivity index (χ4v) is 3.88. The summed E-state index contributed by atoms with van der Waals surface area (Å²) in [5, 5.41) is 15.0. The smallest absolute Gasteiger partial charge is 0.137 e. The van der Waals surface area contributed by atoms with Crippen LogP contribution in [0.1, 0.15) is 30.0 Å². The third-order valence-corrected chi connectivity index (χ3v) is 5.27. The molecule has 0 unspecified atom stereocenters. The Balaban J connectivity index is 1.31. The maximum Gasteiger partial charge on any atom is 0.137 e. The van der Waals surface area contributed by atoms with Crippen LogP contribution in [0.5, 0.6) is 5.75 Å². The Hall–Kier alpha value is -2.36. The third-order valence-electron chi connectivity index (χ3n) is 5.27. The molecule has 3 heteroatoms. The van der Waals surface area contributed by atoms with E-state index in [0.29, 0.717) is 19.2 Å². The molecule has 3 nitrogen and oxygen atoms in total. The first-order valence-electron chi connectivity index (χ1n) is 9.50. The predicted molar refractivity (Wildman–Crippen MR) is 104 cm³/mol. The summed E-state index contributed by atoms with van der Waals surface area (Å²) in [6.07, 6.45) is 3.10. The van der Waals surface area contributed by atoms with Gasteiger partial charge >= 0.3 is 0 Å². The quantitative estimate of drug-likeness (QED) is 0.718. The number of quaternary nitrogens is 1. The van der Waals surface area contributed by atoms with Crippen molar-refractivity contribution in [2.75, 3.05) is 13.2 Å². The number of hydrogen-bond donors (Lipinski definition) is 2. The van der Waals surface area contributed by atoms with Crippen molar-refractivity contribution in [2.24, 2.45) is 0 Å². The second-order valence-corrected chi connectivity index (χ2v) is 7.14. The molecule has 3 aromatic carbocycles. The minimum absolute atomic E-state index is 0.323. The van der Waals surface area contributed by atoms with Crippen molar-refractivity contribution in [1.29, 1.82) is 0 Å². The summed E-state index contributed by atoms with van der Waals surface area (Å²) in [7, 11) is 0. The van der Waals surface area contributed by atoms with E-state index in [4.69, 9.17) is 4.74 Å². The van der Waals surface area contributed by atoms with E-state index in [9.17, 15) is 5.11 Å². The summed E-state index contributed by atoms with van der Waals surface area (Å²) in [5.74, 6) is 0.811. The van der Waals surface area contributed by atoms with Crippen molar-refractivity contribution in [2.45, 2.75) is 31.4 Å². The molecule has 0 heterocycles. The first kappa shape index (κ1) is 17.1. The second-order valence-electron chi connectivity index (χ2n) is 7.14. The predicted octanol–water partition coefficient (Wildman–Crippen LogP) is 3.22. The largest absolute Gasteiger partial charge is 0.491 e. The number of nitrogens with two attached hydrogens (primary N) is 1. The SMILES string of the molecule is O[C@@H](C[NH2+][C@H]1CCCc2ccccc21)COc1ccc2ccccc2c1. The molecule has 3 N–H and O–H groups in total. The van der Waals surface area contributed by atoms with E-state index in [1.807, 2.05) is 24.3 Å². The normalized spacial score (nSPS) is 17.7. The highest BCUT2D eigenvalue weighted by Gasteiger charge is 2.23. The van der Waals surface area contributed by atoms with Crippen molar-refractivity contribution < 1.29 is 15.2 Å². The van der Waals surface area contributed by atoms with Crippen molar-refractivity contribution in [3.8, 4) is 5.75 Å². The van der Waals surface area contributed by atoms with Gasteiger partial charge in [0.05, 0.1) is 0 Å². The van der Waals surface area contributed by atoms with Crippen molar-refractivity contribution in [3.63, 3.8) is 0 Å². The van der Waals surface area contributed by atoms with Gasteiger partial charge in [-0.15, -0.1) is 0 Å². The van der Waals surface area contributed by atoms with Crippen LogP contribution in [-0.4, -0.2) is 24.4 Å². The highest BCUT2D eigenvalue weighted by atomic mass is 16.5. The Morgan fingerprint density at radius 1 is 1.00 bits per heavy atom. The van der Waals surface area contributed by atoms with Crippen molar-refractivity contribution in [3.05, 3.63) is 77.9 Å². The monoisotopic (exact) mass is 348 g/mol. The van der Waals surface area contributed by atoms with Crippen LogP contribution in [0.4, 0.5) is 0 Å². The number of hydrogen-bond acceptors (Lipinski definition) is 2. The zero-order valence-corrected chi connectivity index (χ0v) is 15.0. The van der Waals surface area contributed by atoms with E-state index in [0.717, 1.165) is 11.1 Å². The van der Waals surface area contributed by atoms with E-state index in [-0.39, 0.29) is 0 Å². The zero-order chi connectivity index (χ0) is 17.8. The Morgan fingerprint density at radius 2 is 1.81 bits per heavy atom. The lowest BCUT2D eigenvalue weighted by Gasteiger charge is -2.24. The summed E-state index contributed by atoms with van der Waals surface area (Å²) in [5.41, 5.74) is 2.89. The number of ether oxygens (including phenoxy) is 1. The highest BCUT2D eigenvalue weighted by Crippen LogP contribution is 2.26. The molecule has 1 aliphatic rings. The first-order valence-corrected chi connectivity index (χ1v) is 9.50. The van der Waals surface area contributed by atoms with Crippen LogP contribution in [-0.2, 0) is 6.42 Å². The van der Waals surface area contributed by atoms with E-state index in [1.54, 1.807) is 0 Å². The number of aliphatic hydroxyl groups excluding tert-OH is 1. The molecular formula is C23H26NO2+. The lowest BCUT2D eigenvalue weighted by Crippen LogP contribution is -2.87. The molecule has 1 aliphatic carbocycles. The topological polar surface area (TPSA) is 46.1 Å². The Labute approximate surface area is 154 Å². The summed E-state index contributed by atoms with van der Waals surface area (Å²) in [6, 6.07) is 23.4. The minimum Gasteiger partial charge on any atom is -0.491 e.